The Bertz CT molecular complexity index is 294. The Morgan fingerprint density at radius 1 is 1.30 bits per heavy atom. The molecular weight excluding hydrogens is 280 g/mol. The predicted molar refractivity (Wildman–Crippen MR) is 82.2 cm³/mol. The SMILES string of the molecule is CCCNC(=O)NC(=O)CN(C)C1CCCNCC1.Cl. The van der Waals surface area contributed by atoms with Gasteiger partial charge in [0.2, 0.25) is 5.91 Å². The van der Waals surface area contributed by atoms with Crippen molar-refractivity contribution in [2.24, 2.45) is 0 Å². The zero-order valence-electron chi connectivity index (χ0n) is 12.4. The monoisotopic (exact) mass is 306 g/mol. The number of urea groups is 1. The number of rotatable bonds is 5. The standard InChI is InChI=1S/C13H26N4O2.ClH/c1-3-7-15-13(19)16-12(18)10-17(2)11-5-4-8-14-9-6-11;/h11,14H,3-10H2,1-2H3,(H2,15,16,18,19);1H. The highest BCUT2D eigenvalue weighted by Gasteiger charge is 2.19. The summed E-state index contributed by atoms with van der Waals surface area (Å²) in [7, 11) is 1.94. The molecular formula is C13H27ClN4O2. The number of nitrogens with one attached hydrogen (secondary N) is 3. The normalized spacial score (nSPS) is 18.9. The third-order valence-electron chi connectivity index (χ3n) is 3.35. The molecule has 0 bridgehead atoms. The van der Waals surface area contributed by atoms with E-state index in [0.717, 1.165) is 38.8 Å². The molecule has 3 amide bonds. The largest absolute Gasteiger partial charge is 0.338 e. The van der Waals surface area contributed by atoms with Gasteiger partial charge in [0.1, 0.15) is 0 Å². The van der Waals surface area contributed by atoms with Gasteiger partial charge in [-0.2, -0.15) is 0 Å². The minimum atomic E-state index is -0.400. The second-order valence-corrected chi connectivity index (χ2v) is 5.05. The van der Waals surface area contributed by atoms with Crippen molar-refractivity contribution in [2.75, 3.05) is 33.2 Å². The summed E-state index contributed by atoms with van der Waals surface area (Å²) >= 11 is 0. The Kier molecular flexibility index (Phi) is 10.4. The number of carbonyl (C=O) groups is 2. The van der Waals surface area contributed by atoms with Gasteiger partial charge in [-0.3, -0.25) is 15.0 Å². The summed E-state index contributed by atoms with van der Waals surface area (Å²) in [5.74, 6) is -0.242. The summed E-state index contributed by atoms with van der Waals surface area (Å²) in [4.78, 5) is 25.1. The van der Waals surface area contributed by atoms with Crippen LogP contribution in [0.1, 0.15) is 32.6 Å². The lowest BCUT2D eigenvalue weighted by Crippen LogP contribution is -2.46. The van der Waals surface area contributed by atoms with Crippen LogP contribution in [-0.4, -0.2) is 56.1 Å². The van der Waals surface area contributed by atoms with E-state index in [1.54, 1.807) is 0 Å². The number of hydrogen-bond donors (Lipinski definition) is 3. The third-order valence-corrected chi connectivity index (χ3v) is 3.35. The number of imide groups is 1. The minimum absolute atomic E-state index is 0. The van der Waals surface area contributed by atoms with E-state index >= 15 is 0 Å². The summed E-state index contributed by atoms with van der Waals surface area (Å²) in [6.07, 6.45) is 4.13. The van der Waals surface area contributed by atoms with Crippen molar-refractivity contribution in [3.8, 4) is 0 Å². The maximum atomic E-state index is 11.7. The quantitative estimate of drug-likeness (QED) is 0.700. The smallest absolute Gasteiger partial charge is 0.321 e. The van der Waals surface area contributed by atoms with Gasteiger partial charge in [0, 0.05) is 12.6 Å². The van der Waals surface area contributed by atoms with E-state index in [2.05, 4.69) is 16.0 Å². The highest BCUT2D eigenvalue weighted by Crippen LogP contribution is 2.11. The number of carbonyl (C=O) groups excluding carboxylic acids is 2. The van der Waals surface area contributed by atoms with Crippen molar-refractivity contribution in [3.05, 3.63) is 0 Å². The Labute approximate surface area is 127 Å². The molecule has 0 aromatic carbocycles. The lowest BCUT2D eigenvalue weighted by atomic mass is 10.1. The van der Waals surface area contributed by atoms with Crippen molar-refractivity contribution >= 4 is 24.3 Å². The molecule has 0 aliphatic carbocycles. The van der Waals surface area contributed by atoms with Crippen LogP contribution in [0.4, 0.5) is 4.79 Å². The van der Waals surface area contributed by atoms with Crippen LogP contribution in [0, 0.1) is 0 Å². The number of nitrogens with zero attached hydrogens (tertiary/aromatic N) is 1. The lowest BCUT2D eigenvalue weighted by Gasteiger charge is -2.25. The van der Waals surface area contributed by atoms with Gasteiger partial charge in [-0.15, -0.1) is 12.4 Å². The fraction of sp³-hybridized carbons (Fsp3) is 0.846. The Balaban J connectivity index is 0.00000361. The van der Waals surface area contributed by atoms with Crippen molar-refractivity contribution in [3.63, 3.8) is 0 Å². The Morgan fingerprint density at radius 2 is 2.05 bits per heavy atom. The van der Waals surface area contributed by atoms with Crippen LogP contribution in [0.15, 0.2) is 0 Å². The summed E-state index contributed by atoms with van der Waals surface area (Å²) in [6, 6.07) is 0.0160. The molecule has 7 heteroatoms. The minimum Gasteiger partial charge on any atom is -0.338 e. The first-order chi connectivity index (χ1) is 9.13. The molecule has 118 valence electrons. The first kappa shape index (κ1) is 19.1. The lowest BCUT2D eigenvalue weighted by molar-refractivity contribution is -0.121. The highest BCUT2D eigenvalue weighted by atomic mass is 35.5. The van der Waals surface area contributed by atoms with Gasteiger partial charge >= 0.3 is 6.03 Å². The van der Waals surface area contributed by atoms with Crippen LogP contribution in [0.25, 0.3) is 0 Å². The Morgan fingerprint density at radius 3 is 2.75 bits per heavy atom. The Hall–Kier alpha value is -0.850. The average Bonchev–Trinajstić information content (AvgIpc) is 2.64. The van der Waals surface area contributed by atoms with E-state index in [9.17, 15) is 9.59 Å². The zero-order valence-corrected chi connectivity index (χ0v) is 13.2. The average molecular weight is 307 g/mol. The molecule has 3 N–H and O–H groups in total. The molecule has 1 aliphatic heterocycles. The van der Waals surface area contributed by atoms with Crippen molar-refractivity contribution in [1.29, 1.82) is 0 Å². The number of hydrogen-bond acceptors (Lipinski definition) is 4. The van der Waals surface area contributed by atoms with Gasteiger partial charge < -0.3 is 10.6 Å². The van der Waals surface area contributed by atoms with E-state index in [1.165, 1.54) is 0 Å². The third kappa shape index (κ3) is 7.67. The van der Waals surface area contributed by atoms with Crippen LogP contribution in [0.5, 0.6) is 0 Å². The van der Waals surface area contributed by atoms with E-state index in [-0.39, 0.29) is 24.9 Å². The fourth-order valence-corrected chi connectivity index (χ4v) is 2.25. The van der Waals surface area contributed by atoms with Crippen LogP contribution in [0.2, 0.25) is 0 Å². The summed E-state index contributed by atoms with van der Waals surface area (Å²) < 4.78 is 0. The van der Waals surface area contributed by atoms with Crippen LogP contribution < -0.4 is 16.0 Å². The number of halogens is 1. The van der Waals surface area contributed by atoms with E-state index < -0.39 is 6.03 Å². The van der Waals surface area contributed by atoms with Crippen molar-refractivity contribution < 1.29 is 9.59 Å². The molecule has 1 rings (SSSR count). The molecule has 1 heterocycles. The van der Waals surface area contributed by atoms with Crippen LogP contribution >= 0.6 is 12.4 Å². The molecule has 1 unspecified atom stereocenters. The highest BCUT2D eigenvalue weighted by molar-refractivity contribution is 5.95. The second kappa shape index (κ2) is 10.9. The summed E-state index contributed by atoms with van der Waals surface area (Å²) in [5.41, 5.74) is 0. The molecule has 1 atom stereocenters. The van der Waals surface area contributed by atoms with Crippen molar-refractivity contribution in [1.82, 2.24) is 20.9 Å². The number of amides is 3. The summed E-state index contributed by atoms with van der Waals surface area (Å²) in [6.45, 7) is 4.87. The molecule has 0 aromatic rings. The summed E-state index contributed by atoms with van der Waals surface area (Å²) in [5, 5.41) is 8.33. The first-order valence-corrected chi connectivity index (χ1v) is 7.12. The molecule has 0 aromatic heterocycles. The second-order valence-electron chi connectivity index (χ2n) is 5.05. The fourth-order valence-electron chi connectivity index (χ4n) is 2.25. The first-order valence-electron chi connectivity index (χ1n) is 7.12. The molecule has 20 heavy (non-hydrogen) atoms. The molecule has 1 fully saturated rings. The van der Waals surface area contributed by atoms with Crippen LogP contribution in [-0.2, 0) is 4.79 Å². The molecule has 0 saturated carbocycles. The maximum Gasteiger partial charge on any atom is 0.321 e. The van der Waals surface area contributed by atoms with Gasteiger partial charge in [-0.05, 0) is 45.8 Å². The van der Waals surface area contributed by atoms with E-state index in [0.29, 0.717) is 12.6 Å². The topological polar surface area (TPSA) is 73.5 Å². The van der Waals surface area contributed by atoms with Gasteiger partial charge in [0.25, 0.3) is 0 Å². The molecule has 1 aliphatic rings. The van der Waals surface area contributed by atoms with Crippen molar-refractivity contribution in [2.45, 2.75) is 38.6 Å². The number of likely N-dealkylation sites (N-methyl/N-ethyl adjacent to an activating group) is 1. The van der Waals surface area contributed by atoms with E-state index in [1.807, 2.05) is 18.9 Å². The van der Waals surface area contributed by atoms with E-state index in [4.69, 9.17) is 0 Å². The van der Waals surface area contributed by atoms with Crippen LogP contribution in [0.3, 0.4) is 0 Å². The molecule has 0 spiro atoms. The molecule has 1 saturated heterocycles. The molecule has 0 radical (unpaired) electrons. The van der Waals surface area contributed by atoms with Gasteiger partial charge in [-0.1, -0.05) is 6.92 Å². The van der Waals surface area contributed by atoms with Gasteiger partial charge in [0.15, 0.2) is 0 Å². The molecule has 6 nitrogen and oxygen atoms in total. The maximum absolute atomic E-state index is 11.7. The zero-order chi connectivity index (χ0) is 14.1. The van der Waals surface area contributed by atoms with Gasteiger partial charge in [0.05, 0.1) is 6.54 Å². The predicted octanol–water partition coefficient (Wildman–Crippen LogP) is 0.718. The van der Waals surface area contributed by atoms with Gasteiger partial charge in [-0.25, -0.2) is 4.79 Å².